The van der Waals surface area contributed by atoms with E-state index in [9.17, 15) is 4.79 Å². The Bertz CT molecular complexity index is 431. The van der Waals surface area contributed by atoms with Crippen LogP contribution < -0.4 is 10.6 Å². The van der Waals surface area contributed by atoms with Gasteiger partial charge in [-0.3, -0.25) is 4.79 Å². The highest BCUT2D eigenvalue weighted by Crippen LogP contribution is 2.38. The smallest absolute Gasteiger partial charge is 0.247 e. The van der Waals surface area contributed by atoms with Crippen LogP contribution in [0.5, 0.6) is 0 Å². The summed E-state index contributed by atoms with van der Waals surface area (Å²) in [6.45, 7) is 0. The Labute approximate surface area is 95.6 Å². The van der Waals surface area contributed by atoms with E-state index in [2.05, 4.69) is 31.5 Å². The molecule has 0 aromatic carbocycles. The van der Waals surface area contributed by atoms with Crippen LogP contribution in [0.25, 0.3) is 0 Å². The Kier molecular flexibility index (Phi) is 1.95. The normalized spacial score (nSPS) is 24.1. The van der Waals surface area contributed by atoms with E-state index in [1.54, 1.807) is 6.20 Å². The summed E-state index contributed by atoms with van der Waals surface area (Å²) in [6, 6.07) is 1.77. The number of pyridine rings is 1. The third kappa shape index (κ3) is 1.61. The van der Waals surface area contributed by atoms with Gasteiger partial charge in [0, 0.05) is 10.7 Å². The van der Waals surface area contributed by atoms with Crippen molar-refractivity contribution in [2.45, 2.75) is 18.9 Å². The summed E-state index contributed by atoms with van der Waals surface area (Å²) in [5.74, 6) is 1.32. The molecule has 1 atom stereocenters. The van der Waals surface area contributed by atoms with Gasteiger partial charge in [0.05, 0.1) is 5.69 Å². The molecule has 4 nitrogen and oxygen atoms in total. The predicted molar refractivity (Wildman–Crippen MR) is 60.7 cm³/mol. The summed E-state index contributed by atoms with van der Waals surface area (Å²) in [7, 11) is 0. The number of rotatable bonds is 1. The van der Waals surface area contributed by atoms with Gasteiger partial charge in [0.25, 0.3) is 0 Å². The number of halogens is 1. The molecule has 0 radical (unpaired) electrons. The van der Waals surface area contributed by atoms with Crippen molar-refractivity contribution < 1.29 is 4.79 Å². The molecule has 0 saturated heterocycles. The number of amides is 1. The van der Waals surface area contributed by atoms with Gasteiger partial charge in [0.15, 0.2) is 5.82 Å². The summed E-state index contributed by atoms with van der Waals surface area (Å²) < 4.78 is 0.869. The lowest BCUT2D eigenvalue weighted by atomic mass is 10.1. The highest BCUT2D eigenvalue weighted by Gasteiger charge is 2.39. The van der Waals surface area contributed by atoms with Crippen molar-refractivity contribution in [3.05, 3.63) is 16.7 Å². The largest absolute Gasteiger partial charge is 0.356 e. The highest BCUT2D eigenvalue weighted by molar-refractivity contribution is 9.10. The first-order chi connectivity index (χ1) is 7.24. The van der Waals surface area contributed by atoms with Gasteiger partial charge in [0.1, 0.15) is 6.04 Å². The molecular weight excluding hydrogens is 258 g/mol. The van der Waals surface area contributed by atoms with E-state index < -0.39 is 0 Å². The zero-order chi connectivity index (χ0) is 10.4. The average molecular weight is 268 g/mol. The first-order valence-corrected chi connectivity index (χ1v) is 5.76. The summed E-state index contributed by atoms with van der Waals surface area (Å²) in [4.78, 5) is 16.0. The van der Waals surface area contributed by atoms with Gasteiger partial charge >= 0.3 is 0 Å². The molecule has 0 spiro atoms. The minimum absolute atomic E-state index is 0.0601. The number of hydrogen-bond acceptors (Lipinski definition) is 3. The molecule has 15 heavy (non-hydrogen) atoms. The maximum Gasteiger partial charge on any atom is 0.247 e. The summed E-state index contributed by atoms with van der Waals surface area (Å²) in [5, 5.41) is 6.07. The van der Waals surface area contributed by atoms with E-state index in [1.165, 1.54) is 0 Å². The number of fused-ring (bicyclic) bond motifs is 1. The molecule has 1 aliphatic carbocycles. The molecule has 78 valence electrons. The van der Waals surface area contributed by atoms with E-state index in [4.69, 9.17) is 0 Å². The number of anilines is 2. The topological polar surface area (TPSA) is 54.0 Å². The van der Waals surface area contributed by atoms with E-state index in [0.717, 1.165) is 28.8 Å². The molecule has 3 rings (SSSR count). The van der Waals surface area contributed by atoms with Gasteiger partial charge in [-0.05, 0) is 40.8 Å². The fraction of sp³-hybridized carbons (Fsp3) is 0.400. The summed E-state index contributed by atoms with van der Waals surface area (Å²) >= 11 is 3.33. The average Bonchev–Trinajstić information content (AvgIpc) is 3.00. The SMILES string of the molecule is O=C1Nc2cc(Br)cnc2NC1C1CC1. The standard InChI is InChI=1S/C10H10BrN3O/c11-6-3-7-9(12-4-6)14-8(5-1-2-5)10(15)13-7/h3-5,8H,1-2H2,(H,12,14)(H,13,15). The van der Waals surface area contributed by atoms with E-state index in [0.29, 0.717) is 5.92 Å². The molecular formula is C10H10BrN3O. The lowest BCUT2D eigenvalue weighted by Gasteiger charge is -2.25. The molecule has 1 aliphatic heterocycles. The van der Waals surface area contributed by atoms with Crippen LogP contribution in [0.15, 0.2) is 16.7 Å². The Morgan fingerprint density at radius 1 is 1.47 bits per heavy atom. The van der Waals surface area contributed by atoms with Crippen LogP contribution in [0.1, 0.15) is 12.8 Å². The predicted octanol–water partition coefficient (Wildman–Crippen LogP) is 1.99. The van der Waals surface area contributed by atoms with Crippen LogP contribution in [0.2, 0.25) is 0 Å². The molecule has 2 heterocycles. The third-order valence-corrected chi connectivity index (χ3v) is 3.21. The molecule has 1 fully saturated rings. The number of carbonyl (C=O) groups is 1. The monoisotopic (exact) mass is 267 g/mol. The fourth-order valence-electron chi connectivity index (χ4n) is 1.83. The third-order valence-electron chi connectivity index (χ3n) is 2.78. The molecule has 2 N–H and O–H groups in total. The molecule has 1 unspecified atom stereocenters. The molecule has 2 aliphatic rings. The van der Waals surface area contributed by atoms with Crippen molar-refractivity contribution in [1.82, 2.24) is 4.98 Å². The lowest BCUT2D eigenvalue weighted by molar-refractivity contribution is -0.117. The summed E-state index contributed by atoms with van der Waals surface area (Å²) in [5.41, 5.74) is 0.756. The molecule has 0 bridgehead atoms. The van der Waals surface area contributed by atoms with Crippen molar-refractivity contribution >= 4 is 33.3 Å². The van der Waals surface area contributed by atoms with E-state index >= 15 is 0 Å². The number of hydrogen-bond donors (Lipinski definition) is 2. The first-order valence-electron chi connectivity index (χ1n) is 4.97. The highest BCUT2D eigenvalue weighted by atomic mass is 79.9. The molecule has 1 aromatic heterocycles. The zero-order valence-corrected chi connectivity index (χ0v) is 9.54. The quantitative estimate of drug-likeness (QED) is 0.818. The van der Waals surface area contributed by atoms with Gasteiger partial charge in [-0.1, -0.05) is 0 Å². The van der Waals surface area contributed by atoms with Crippen molar-refractivity contribution in [2.75, 3.05) is 10.6 Å². The zero-order valence-electron chi connectivity index (χ0n) is 7.96. The van der Waals surface area contributed by atoms with Gasteiger partial charge in [-0.25, -0.2) is 4.98 Å². The number of nitrogens with one attached hydrogen (secondary N) is 2. The van der Waals surface area contributed by atoms with Crippen LogP contribution in [-0.4, -0.2) is 16.9 Å². The Morgan fingerprint density at radius 2 is 2.27 bits per heavy atom. The minimum atomic E-state index is -0.0915. The fourth-order valence-corrected chi connectivity index (χ4v) is 2.17. The number of nitrogens with zero attached hydrogens (tertiary/aromatic N) is 1. The number of aromatic nitrogens is 1. The van der Waals surface area contributed by atoms with E-state index in [1.807, 2.05) is 6.07 Å². The van der Waals surface area contributed by atoms with Crippen molar-refractivity contribution in [3.8, 4) is 0 Å². The maximum absolute atomic E-state index is 11.7. The van der Waals surface area contributed by atoms with Gasteiger partial charge in [0.2, 0.25) is 5.91 Å². The number of carbonyl (C=O) groups excluding carboxylic acids is 1. The Morgan fingerprint density at radius 3 is 3.00 bits per heavy atom. The Hall–Kier alpha value is -1.10. The molecule has 1 saturated carbocycles. The second kappa shape index (κ2) is 3.20. The van der Waals surface area contributed by atoms with Crippen LogP contribution >= 0.6 is 15.9 Å². The van der Waals surface area contributed by atoms with Crippen molar-refractivity contribution in [1.29, 1.82) is 0 Å². The van der Waals surface area contributed by atoms with Crippen molar-refractivity contribution in [3.63, 3.8) is 0 Å². The molecule has 1 amide bonds. The summed E-state index contributed by atoms with van der Waals surface area (Å²) in [6.07, 6.45) is 4.00. The van der Waals surface area contributed by atoms with Gasteiger partial charge < -0.3 is 10.6 Å². The van der Waals surface area contributed by atoms with Crippen LogP contribution in [0.3, 0.4) is 0 Å². The second-order valence-electron chi connectivity index (χ2n) is 4.00. The second-order valence-corrected chi connectivity index (χ2v) is 4.91. The first kappa shape index (κ1) is 9.15. The Balaban J connectivity index is 1.94. The van der Waals surface area contributed by atoms with Crippen molar-refractivity contribution in [2.24, 2.45) is 5.92 Å². The lowest BCUT2D eigenvalue weighted by Crippen LogP contribution is -2.40. The van der Waals surface area contributed by atoms with E-state index in [-0.39, 0.29) is 11.9 Å². The minimum Gasteiger partial charge on any atom is -0.356 e. The maximum atomic E-state index is 11.7. The van der Waals surface area contributed by atoms with Gasteiger partial charge in [-0.2, -0.15) is 0 Å². The van der Waals surface area contributed by atoms with Crippen LogP contribution in [-0.2, 0) is 4.79 Å². The van der Waals surface area contributed by atoms with Crippen LogP contribution in [0.4, 0.5) is 11.5 Å². The molecule has 5 heteroatoms. The van der Waals surface area contributed by atoms with Gasteiger partial charge in [-0.15, -0.1) is 0 Å². The van der Waals surface area contributed by atoms with Crippen LogP contribution in [0, 0.1) is 5.92 Å². The molecule has 1 aromatic rings.